The van der Waals surface area contributed by atoms with Gasteiger partial charge in [0.2, 0.25) is 0 Å². The molecule has 3 rings (SSSR count). The van der Waals surface area contributed by atoms with Crippen LogP contribution in [0.4, 0.5) is 0 Å². The largest absolute Gasteiger partial charge is 0.508 e. The van der Waals surface area contributed by atoms with Crippen molar-refractivity contribution < 1.29 is 38.4 Å². The molecule has 1 N–H and O–H groups in total. The van der Waals surface area contributed by atoms with Crippen molar-refractivity contribution in [1.29, 1.82) is 0 Å². The van der Waals surface area contributed by atoms with E-state index < -0.39 is 42.3 Å². The Morgan fingerprint density at radius 1 is 1.00 bits per heavy atom. The summed E-state index contributed by atoms with van der Waals surface area (Å²) in [6.45, 7) is 3.54. The van der Waals surface area contributed by atoms with Gasteiger partial charge in [0, 0.05) is 32.8 Å². The fourth-order valence-electron chi connectivity index (χ4n) is 3.74. The zero-order valence-corrected chi connectivity index (χ0v) is 17.0. The molecule has 0 bridgehead atoms. The van der Waals surface area contributed by atoms with Gasteiger partial charge in [-0.2, -0.15) is 0 Å². The van der Waals surface area contributed by atoms with Crippen LogP contribution >= 0.6 is 0 Å². The van der Waals surface area contributed by atoms with Crippen LogP contribution in [0.2, 0.25) is 0 Å². The molecule has 1 aliphatic heterocycles. The minimum absolute atomic E-state index is 0.0254. The van der Waals surface area contributed by atoms with E-state index in [-0.39, 0.29) is 18.8 Å². The van der Waals surface area contributed by atoms with Crippen molar-refractivity contribution in [3.63, 3.8) is 0 Å². The van der Waals surface area contributed by atoms with E-state index in [1.54, 1.807) is 12.1 Å². The average Bonchev–Trinajstić information content (AvgIpc) is 2.67. The third-order valence-electron chi connectivity index (χ3n) is 4.86. The summed E-state index contributed by atoms with van der Waals surface area (Å²) < 4.78 is 22.0. The maximum Gasteiger partial charge on any atom is 0.303 e. The molecule has 1 aliphatic rings. The fraction of sp³-hybridized carbons (Fsp3) is 0.409. The molecule has 2 aromatic carbocycles. The number of carbonyl (C=O) groups is 3. The normalized spacial score (nSPS) is 23.6. The van der Waals surface area contributed by atoms with Gasteiger partial charge in [0.15, 0.2) is 6.10 Å². The van der Waals surface area contributed by atoms with E-state index in [1.807, 2.05) is 24.3 Å². The Hall–Kier alpha value is -3.13. The summed E-state index contributed by atoms with van der Waals surface area (Å²) in [5.41, 5.74) is 0.527. The second-order valence-corrected chi connectivity index (χ2v) is 7.14. The summed E-state index contributed by atoms with van der Waals surface area (Å²) in [6, 6.07) is 10.8. The van der Waals surface area contributed by atoms with Gasteiger partial charge in [-0.15, -0.1) is 0 Å². The van der Waals surface area contributed by atoms with Gasteiger partial charge in [0.1, 0.15) is 24.6 Å². The number of aromatic hydroxyl groups is 1. The lowest BCUT2D eigenvalue weighted by atomic mass is 9.90. The smallest absolute Gasteiger partial charge is 0.303 e. The van der Waals surface area contributed by atoms with E-state index in [1.165, 1.54) is 20.8 Å². The third kappa shape index (κ3) is 4.88. The molecule has 30 heavy (non-hydrogen) atoms. The van der Waals surface area contributed by atoms with Crippen LogP contribution in [0.25, 0.3) is 10.8 Å². The maximum atomic E-state index is 11.7. The molecule has 0 spiro atoms. The Bertz CT molecular complexity index is 953. The second-order valence-electron chi connectivity index (χ2n) is 7.14. The maximum absolute atomic E-state index is 11.7. The topological polar surface area (TPSA) is 108 Å². The highest BCUT2D eigenvalue weighted by atomic mass is 16.6. The zero-order valence-electron chi connectivity index (χ0n) is 17.0. The van der Waals surface area contributed by atoms with Crippen LogP contribution in [0.1, 0.15) is 38.9 Å². The van der Waals surface area contributed by atoms with Gasteiger partial charge in [-0.25, -0.2) is 0 Å². The zero-order chi connectivity index (χ0) is 21.8. The van der Waals surface area contributed by atoms with Crippen LogP contribution in [-0.4, -0.2) is 47.9 Å². The van der Waals surface area contributed by atoms with Crippen LogP contribution in [0.3, 0.4) is 0 Å². The molecule has 1 saturated heterocycles. The van der Waals surface area contributed by atoms with Gasteiger partial charge in [-0.3, -0.25) is 14.4 Å². The van der Waals surface area contributed by atoms with E-state index in [4.69, 9.17) is 18.9 Å². The molecule has 1 heterocycles. The molecule has 160 valence electrons. The Morgan fingerprint density at radius 2 is 1.70 bits per heavy atom. The van der Waals surface area contributed by atoms with Crippen molar-refractivity contribution in [1.82, 2.24) is 0 Å². The van der Waals surface area contributed by atoms with E-state index in [0.29, 0.717) is 5.56 Å². The van der Waals surface area contributed by atoms with Gasteiger partial charge < -0.3 is 24.1 Å². The molecule has 1 unspecified atom stereocenters. The van der Waals surface area contributed by atoms with Crippen molar-refractivity contribution in [2.75, 3.05) is 6.61 Å². The highest BCUT2D eigenvalue weighted by Crippen LogP contribution is 2.41. The monoisotopic (exact) mass is 416 g/mol. The Balaban J connectivity index is 2.02. The summed E-state index contributed by atoms with van der Waals surface area (Å²) in [4.78, 5) is 34.7. The number of fused-ring (bicyclic) bond motifs is 1. The van der Waals surface area contributed by atoms with Crippen LogP contribution in [0, 0.1) is 0 Å². The molecule has 1 fully saturated rings. The Morgan fingerprint density at radius 3 is 2.37 bits per heavy atom. The summed E-state index contributed by atoms with van der Waals surface area (Å²) in [6.07, 6.45) is -3.23. The first-order valence-corrected chi connectivity index (χ1v) is 9.60. The van der Waals surface area contributed by atoms with E-state index in [9.17, 15) is 19.5 Å². The third-order valence-corrected chi connectivity index (χ3v) is 4.86. The Labute approximate surface area is 173 Å². The molecular formula is C22H24O8. The molecule has 4 atom stereocenters. The first-order chi connectivity index (χ1) is 14.3. The van der Waals surface area contributed by atoms with Crippen LogP contribution < -0.4 is 0 Å². The van der Waals surface area contributed by atoms with Gasteiger partial charge in [-0.1, -0.05) is 30.3 Å². The molecule has 0 radical (unpaired) electrons. The van der Waals surface area contributed by atoms with Crippen molar-refractivity contribution in [2.24, 2.45) is 0 Å². The molecule has 2 aromatic rings. The fourth-order valence-corrected chi connectivity index (χ4v) is 3.74. The standard InChI is InChI=1S/C22H24O8/c1-12(23)27-11-20-22(29-14(3)25)19(28-13(2)24)10-18(30-20)21-16-7-5-4-6-15(16)8-9-17(21)26/h4-9,18-20,22,26H,10-11H2,1-3H3/t18?,19-,20-,22+/m1/s1. The number of phenols is 1. The first-order valence-electron chi connectivity index (χ1n) is 9.60. The summed E-state index contributed by atoms with van der Waals surface area (Å²) in [5, 5.41) is 12.3. The second kappa shape index (κ2) is 9.13. The van der Waals surface area contributed by atoms with Gasteiger partial charge in [0.25, 0.3) is 0 Å². The minimum atomic E-state index is -0.959. The molecule has 8 nitrogen and oxygen atoms in total. The van der Waals surface area contributed by atoms with Crippen molar-refractivity contribution in [2.45, 2.75) is 51.6 Å². The summed E-state index contributed by atoms with van der Waals surface area (Å²) in [5.74, 6) is -1.64. The predicted octanol–water partition coefficient (Wildman–Crippen LogP) is 2.80. The predicted molar refractivity (Wildman–Crippen MR) is 106 cm³/mol. The van der Waals surface area contributed by atoms with Crippen LogP contribution in [0.5, 0.6) is 5.75 Å². The van der Waals surface area contributed by atoms with Gasteiger partial charge in [0.05, 0.1) is 6.10 Å². The average molecular weight is 416 g/mol. The van der Waals surface area contributed by atoms with E-state index >= 15 is 0 Å². The Kier molecular flexibility index (Phi) is 6.56. The molecule has 0 amide bonds. The highest BCUT2D eigenvalue weighted by molar-refractivity contribution is 5.88. The molecule has 0 saturated carbocycles. The molecule has 0 aromatic heterocycles. The lowest BCUT2D eigenvalue weighted by Crippen LogP contribution is -2.51. The number of carbonyl (C=O) groups excluding carboxylic acids is 3. The number of hydrogen-bond acceptors (Lipinski definition) is 8. The quantitative estimate of drug-likeness (QED) is 0.586. The van der Waals surface area contributed by atoms with Crippen LogP contribution in [0.15, 0.2) is 36.4 Å². The first kappa shape index (κ1) is 21.6. The number of phenolic OH excluding ortho intramolecular Hbond substituents is 1. The lowest BCUT2D eigenvalue weighted by molar-refractivity contribution is -0.216. The number of esters is 3. The van der Waals surface area contributed by atoms with Crippen molar-refractivity contribution in [3.8, 4) is 5.75 Å². The molecule has 8 heteroatoms. The number of ether oxygens (including phenoxy) is 4. The van der Waals surface area contributed by atoms with Crippen molar-refractivity contribution in [3.05, 3.63) is 42.0 Å². The SMILES string of the molecule is CC(=O)OC[C@H]1OC(c2c(O)ccc3ccccc23)C[C@@H](OC(C)=O)[C@@H]1OC(C)=O. The number of benzene rings is 2. The van der Waals surface area contributed by atoms with Gasteiger partial charge in [-0.05, 0) is 16.8 Å². The van der Waals surface area contributed by atoms with Gasteiger partial charge >= 0.3 is 17.9 Å². The minimum Gasteiger partial charge on any atom is -0.508 e. The summed E-state index contributed by atoms with van der Waals surface area (Å²) in [7, 11) is 0. The lowest BCUT2D eigenvalue weighted by Gasteiger charge is -2.40. The summed E-state index contributed by atoms with van der Waals surface area (Å²) >= 11 is 0. The number of rotatable bonds is 5. The van der Waals surface area contributed by atoms with Crippen LogP contribution in [-0.2, 0) is 33.3 Å². The van der Waals surface area contributed by atoms with E-state index in [2.05, 4.69) is 0 Å². The molecular weight excluding hydrogens is 392 g/mol. The van der Waals surface area contributed by atoms with E-state index in [0.717, 1.165) is 10.8 Å². The van der Waals surface area contributed by atoms with Crippen molar-refractivity contribution >= 4 is 28.7 Å². The highest BCUT2D eigenvalue weighted by Gasteiger charge is 2.45. The number of hydrogen-bond donors (Lipinski definition) is 1. The molecule has 0 aliphatic carbocycles.